The first-order valence-electron chi connectivity index (χ1n) is 6.67. The molecule has 0 atom stereocenters. The van der Waals surface area contributed by atoms with Crippen molar-refractivity contribution in [2.45, 2.75) is 13.3 Å². The third kappa shape index (κ3) is 2.35. The maximum Gasteiger partial charge on any atom is 0.339 e. The van der Waals surface area contributed by atoms with E-state index < -0.39 is 17.8 Å². The molecule has 0 saturated heterocycles. The zero-order valence-corrected chi connectivity index (χ0v) is 11.8. The number of benzene rings is 1. The summed E-state index contributed by atoms with van der Waals surface area (Å²) in [5, 5.41) is 0.505. The number of carbonyl (C=O) groups is 3. The summed E-state index contributed by atoms with van der Waals surface area (Å²) >= 11 is 0. The van der Waals surface area contributed by atoms with E-state index in [2.05, 4.69) is 4.98 Å². The van der Waals surface area contributed by atoms with Gasteiger partial charge in [-0.2, -0.15) is 0 Å². The quantitative estimate of drug-likeness (QED) is 0.805. The van der Waals surface area contributed by atoms with Gasteiger partial charge < -0.3 is 4.84 Å². The smallest absolute Gasteiger partial charge is 0.329 e. The van der Waals surface area contributed by atoms with Crippen LogP contribution in [0.1, 0.15) is 32.0 Å². The third-order valence-corrected chi connectivity index (χ3v) is 3.38. The lowest BCUT2D eigenvalue weighted by Gasteiger charge is -2.12. The topological polar surface area (TPSA) is 76.6 Å². The van der Waals surface area contributed by atoms with E-state index >= 15 is 0 Å². The molecule has 0 bridgehead atoms. The van der Waals surface area contributed by atoms with Gasteiger partial charge in [0, 0.05) is 6.20 Å². The average molecular weight is 296 g/mol. The molecule has 0 fully saturated rings. The minimum atomic E-state index is -0.712. The van der Waals surface area contributed by atoms with Crippen LogP contribution < -0.4 is 0 Å². The zero-order valence-electron chi connectivity index (χ0n) is 11.8. The Morgan fingerprint density at radius 1 is 1.09 bits per heavy atom. The second-order valence-electron chi connectivity index (χ2n) is 4.86. The number of aromatic nitrogens is 1. The van der Waals surface area contributed by atoms with Gasteiger partial charge in [-0.25, -0.2) is 4.79 Å². The fourth-order valence-electron chi connectivity index (χ4n) is 2.22. The summed E-state index contributed by atoms with van der Waals surface area (Å²) in [5.74, 6) is -1.98. The number of fused-ring (bicyclic) bond motifs is 1. The molecule has 6 heteroatoms. The first kappa shape index (κ1) is 13.9. The van der Waals surface area contributed by atoms with Crippen LogP contribution in [0.2, 0.25) is 0 Å². The van der Waals surface area contributed by atoms with Gasteiger partial charge in [0.1, 0.15) is 0 Å². The van der Waals surface area contributed by atoms with Crippen LogP contribution in [-0.2, 0) is 16.1 Å². The SMILES string of the molecule is Cc1cccnc1CC(=O)ON1C(=O)c2ccccc2C1=O. The van der Waals surface area contributed by atoms with Crippen molar-refractivity contribution in [3.05, 3.63) is 65.0 Å². The van der Waals surface area contributed by atoms with Gasteiger partial charge >= 0.3 is 5.97 Å². The van der Waals surface area contributed by atoms with Gasteiger partial charge in [0.25, 0.3) is 11.8 Å². The largest absolute Gasteiger partial charge is 0.339 e. The highest BCUT2D eigenvalue weighted by atomic mass is 16.7. The highest BCUT2D eigenvalue weighted by Gasteiger charge is 2.38. The average Bonchev–Trinajstić information content (AvgIpc) is 2.75. The third-order valence-electron chi connectivity index (χ3n) is 3.38. The summed E-state index contributed by atoms with van der Waals surface area (Å²) < 4.78 is 0. The van der Waals surface area contributed by atoms with Crippen LogP contribution in [-0.4, -0.2) is 27.8 Å². The van der Waals surface area contributed by atoms with E-state index in [1.165, 1.54) is 12.1 Å². The molecule has 6 nitrogen and oxygen atoms in total. The Kier molecular flexibility index (Phi) is 3.42. The molecule has 110 valence electrons. The lowest BCUT2D eigenvalue weighted by atomic mass is 10.1. The number of imide groups is 1. The van der Waals surface area contributed by atoms with Gasteiger partial charge in [0.2, 0.25) is 0 Å². The van der Waals surface area contributed by atoms with Crippen LogP contribution in [0.25, 0.3) is 0 Å². The highest BCUT2D eigenvalue weighted by Crippen LogP contribution is 2.22. The van der Waals surface area contributed by atoms with Gasteiger partial charge in [0.05, 0.1) is 23.2 Å². The summed E-state index contributed by atoms with van der Waals surface area (Å²) in [6.07, 6.45) is 1.46. The lowest BCUT2D eigenvalue weighted by Crippen LogP contribution is -2.33. The molecule has 0 N–H and O–H groups in total. The number of nitrogens with zero attached hydrogens (tertiary/aromatic N) is 2. The molecule has 0 saturated carbocycles. The number of hydroxylamine groups is 2. The molecule has 1 aliphatic heterocycles. The summed E-state index contributed by atoms with van der Waals surface area (Å²) in [7, 11) is 0. The van der Waals surface area contributed by atoms with Gasteiger partial charge in [-0.1, -0.05) is 23.3 Å². The Morgan fingerprint density at radius 3 is 2.32 bits per heavy atom. The van der Waals surface area contributed by atoms with Crippen LogP contribution in [0.5, 0.6) is 0 Å². The number of rotatable bonds is 3. The molecular formula is C16H12N2O4. The number of aryl methyl sites for hydroxylation is 1. The van der Waals surface area contributed by atoms with Crippen LogP contribution in [0.15, 0.2) is 42.6 Å². The Balaban J connectivity index is 1.75. The number of hydrogen-bond donors (Lipinski definition) is 0. The van der Waals surface area contributed by atoms with Crippen LogP contribution >= 0.6 is 0 Å². The summed E-state index contributed by atoms with van der Waals surface area (Å²) in [5.41, 5.74) is 1.84. The number of amides is 2. The van der Waals surface area contributed by atoms with Gasteiger partial charge in [-0.05, 0) is 30.7 Å². The van der Waals surface area contributed by atoms with E-state index in [1.807, 2.05) is 13.0 Å². The molecule has 3 rings (SSSR count). The number of carbonyl (C=O) groups excluding carboxylic acids is 3. The van der Waals surface area contributed by atoms with E-state index in [4.69, 9.17) is 4.84 Å². The van der Waals surface area contributed by atoms with Crippen molar-refractivity contribution < 1.29 is 19.2 Å². The van der Waals surface area contributed by atoms with E-state index in [0.717, 1.165) is 5.56 Å². The molecule has 0 unspecified atom stereocenters. The van der Waals surface area contributed by atoms with Crippen LogP contribution in [0.4, 0.5) is 0 Å². The van der Waals surface area contributed by atoms with E-state index in [-0.39, 0.29) is 17.5 Å². The van der Waals surface area contributed by atoms with E-state index in [1.54, 1.807) is 24.4 Å². The van der Waals surface area contributed by atoms with Crippen molar-refractivity contribution >= 4 is 17.8 Å². The number of pyridine rings is 1. The fraction of sp³-hybridized carbons (Fsp3) is 0.125. The van der Waals surface area contributed by atoms with Crippen molar-refractivity contribution in [2.24, 2.45) is 0 Å². The molecule has 0 spiro atoms. The highest BCUT2D eigenvalue weighted by molar-refractivity contribution is 6.20. The van der Waals surface area contributed by atoms with Crippen molar-refractivity contribution in [3.63, 3.8) is 0 Å². The van der Waals surface area contributed by atoms with Crippen molar-refractivity contribution in [1.29, 1.82) is 0 Å². The molecule has 2 aromatic rings. The second kappa shape index (κ2) is 5.40. The zero-order chi connectivity index (χ0) is 15.7. The summed E-state index contributed by atoms with van der Waals surface area (Å²) in [6, 6.07) is 9.91. The van der Waals surface area contributed by atoms with Gasteiger partial charge in [-0.15, -0.1) is 0 Å². The van der Waals surface area contributed by atoms with Crippen LogP contribution in [0.3, 0.4) is 0 Å². The fourth-order valence-corrected chi connectivity index (χ4v) is 2.22. The molecular weight excluding hydrogens is 284 g/mol. The molecule has 2 heterocycles. The van der Waals surface area contributed by atoms with Crippen LogP contribution in [0, 0.1) is 6.92 Å². The van der Waals surface area contributed by atoms with Gasteiger partial charge in [-0.3, -0.25) is 14.6 Å². The van der Waals surface area contributed by atoms with Gasteiger partial charge in [0.15, 0.2) is 0 Å². The normalized spacial score (nSPS) is 13.2. The minimum Gasteiger partial charge on any atom is -0.329 e. The summed E-state index contributed by atoms with van der Waals surface area (Å²) in [4.78, 5) is 45.1. The predicted octanol–water partition coefficient (Wildman–Crippen LogP) is 1.69. The number of hydrogen-bond acceptors (Lipinski definition) is 5. The summed E-state index contributed by atoms with van der Waals surface area (Å²) in [6.45, 7) is 1.82. The molecule has 1 aromatic heterocycles. The molecule has 2 amide bonds. The van der Waals surface area contributed by atoms with Crippen molar-refractivity contribution in [1.82, 2.24) is 10.0 Å². The minimum absolute atomic E-state index is 0.111. The predicted molar refractivity (Wildman–Crippen MR) is 75.7 cm³/mol. The molecule has 1 aliphatic rings. The van der Waals surface area contributed by atoms with E-state index in [0.29, 0.717) is 10.8 Å². The molecule has 0 aliphatic carbocycles. The van der Waals surface area contributed by atoms with E-state index in [9.17, 15) is 14.4 Å². The lowest BCUT2D eigenvalue weighted by molar-refractivity contribution is -0.167. The van der Waals surface area contributed by atoms with Crippen molar-refractivity contribution in [3.8, 4) is 0 Å². The maximum absolute atomic E-state index is 12.1. The van der Waals surface area contributed by atoms with Crippen molar-refractivity contribution in [2.75, 3.05) is 0 Å². The second-order valence-corrected chi connectivity index (χ2v) is 4.86. The first-order valence-corrected chi connectivity index (χ1v) is 6.67. The molecule has 1 aromatic carbocycles. The Bertz CT molecular complexity index is 750. The monoisotopic (exact) mass is 296 g/mol. The Labute approximate surface area is 126 Å². The Hall–Kier alpha value is -3.02. The Morgan fingerprint density at radius 2 is 1.73 bits per heavy atom. The maximum atomic E-state index is 12.1. The standard InChI is InChI=1S/C16H12N2O4/c1-10-5-4-8-17-13(10)9-14(19)22-18-15(20)11-6-2-3-7-12(11)16(18)21/h2-8H,9H2,1H3. The molecule has 22 heavy (non-hydrogen) atoms. The molecule has 0 radical (unpaired) electrons. The first-order chi connectivity index (χ1) is 10.6.